The Hall–Kier alpha value is -1.76. The molecule has 0 aliphatic carbocycles. The van der Waals surface area contributed by atoms with Crippen LogP contribution in [0.3, 0.4) is 0 Å². The van der Waals surface area contributed by atoms with E-state index in [1.807, 2.05) is 31.7 Å². The zero-order valence-electron chi connectivity index (χ0n) is 14.9. The molecule has 1 atom stereocenters. The van der Waals surface area contributed by atoms with Crippen molar-refractivity contribution in [2.75, 3.05) is 25.5 Å². The molecule has 1 aromatic heterocycles. The van der Waals surface area contributed by atoms with Gasteiger partial charge in [0.05, 0.1) is 17.9 Å². The fraction of sp³-hybridized carbons (Fsp3) is 0.765. The summed E-state index contributed by atoms with van der Waals surface area (Å²) in [6.07, 6.45) is 5.83. The average molecular weight is 335 g/mol. The normalized spacial score (nSPS) is 23.6. The molecule has 1 aromatic rings. The first-order valence-corrected chi connectivity index (χ1v) is 8.88. The second-order valence-corrected chi connectivity index (χ2v) is 7.80. The van der Waals surface area contributed by atoms with Gasteiger partial charge in [0, 0.05) is 19.1 Å². The molecule has 1 amide bonds. The number of nitrogen functional groups attached to an aromatic ring is 1. The molecule has 7 heteroatoms. The van der Waals surface area contributed by atoms with Gasteiger partial charge >= 0.3 is 6.09 Å². The van der Waals surface area contributed by atoms with Gasteiger partial charge in [-0.1, -0.05) is 0 Å². The summed E-state index contributed by atoms with van der Waals surface area (Å²) in [7, 11) is 0. The molecule has 1 unspecified atom stereocenters. The first-order valence-electron chi connectivity index (χ1n) is 8.88. The predicted molar refractivity (Wildman–Crippen MR) is 91.9 cm³/mol. The monoisotopic (exact) mass is 335 g/mol. The minimum Gasteiger partial charge on any atom is -0.444 e. The SMILES string of the molecule is CC(C)(C)OC(=O)N1CCC(N2CCCC2c2ccnn2N)CC1. The molecule has 0 bridgehead atoms. The molecule has 0 aromatic carbocycles. The summed E-state index contributed by atoms with van der Waals surface area (Å²) in [5.74, 6) is 5.94. The van der Waals surface area contributed by atoms with Crippen molar-refractivity contribution in [2.45, 2.75) is 64.1 Å². The number of likely N-dealkylation sites (tertiary alicyclic amines) is 2. The van der Waals surface area contributed by atoms with Crippen molar-refractivity contribution in [3.63, 3.8) is 0 Å². The highest BCUT2D eigenvalue weighted by atomic mass is 16.6. The van der Waals surface area contributed by atoms with E-state index < -0.39 is 5.60 Å². The number of ether oxygens (including phenoxy) is 1. The predicted octanol–water partition coefficient (Wildman–Crippen LogP) is 2.13. The van der Waals surface area contributed by atoms with Crippen molar-refractivity contribution < 1.29 is 9.53 Å². The summed E-state index contributed by atoms with van der Waals surface area (Å²) in [5, 5.41) is 4.11. The van der Waals surface area contributed by atoms with Gasteiger partial charge in [0.15, 0.2) is 0 Å². The molecule has 2 N–H and O–H groups in total. The smallest absolute Gasteiger partial charge is 0.410 e. The molecular formula is C17H29N5O2. The fourth-order valence-corrected chi connectivity index (χ4v) is 3.84. The maximum Gasteiger partial charge on any atom is 0.410 e. The second-order valence-electron chi connectivity index (χ2n) is 7.80. The largest absolute Gasteiger partial charge is 0.444 e. The molecule has 134 valence electrons. The van der Waals surface area contributed by atoms with E-state index in [4.69, 9.17) is 10.6 Å². The lowest BCUT2D eigenvalue weighted by Gasteiger charge is -2.39. The molecule has 7 nitrogen and oxygen atoms in total. The zero-order chi connectivity index (χ0) is 17.3. The molecule has 2 aliphatic rings. The van der Waals surface area contributed by atoms with Gasteiger partial charge in [0.2, 0.25) is 0 Å². The highest BCUT2D eigenvalue weighted by Gasteiger charge is 2.36. The third kappa shape index (κ3) is 3.66. The molecular weight excluding hydrogens is 306 g/mol. The van der Waals surface area contributed by atoms with Crippen molar-refractivity contribution in [1.82, 2.24) is 19.7 Å². The molecule has 24 heavy (non-hydrogen) atoms. The third-order valence-electron chi connectivity index (χ3n) is 4.92. The van der Waals surface area contributed by atoms with E-state index >= 15 is 0 Å². The number of nitrogens with two attached hydrogens (primary N) is 1. The van der Waals surface area contributed by atoms with Gasteiger partial charge in [-0.25, -0.2) is 4.79 Å². The van der Waals surface area contributed by atoms with Crippen LogP contribution in [-0.4, -0.2) is 57.1 Å². The van der Waals surface area contributed by atoms with E-state index in [-0.39, 0.29) is 6.09 Å². The number of rotatable bonds is 2. The van der Waals surface area contributed by atoms with Gasteiger partial charge in [0.1, 0.15) is 5.60 Å². The lowest BCUT2D eigenvalue weighted by molar-refractivity contribution is 0.0132. The first-order chi connectivity index (χ1) is 11.3. The van der Waals surface area contributed by atoms with Gasteiger partial charge in [-0.2, -0.15) is 9.89 Å². The molecule has 3 heterocycles. The van der Waals surface area contributed by atoms with Crippen LogP contribution in [0.4, 0.5) is 4.79 Å². The van der Waals surface area contributed by atoms with Crippen molar-refractivity contribution in [1.29, 1.82) is 0 Å². The van der Waals surface area contributed by atoms with Gasteiger partial charge in [-0.15, -0.1) is 0 Å². The number of carbonyl (C=O) groups is 1. The van der Waals surface area contributed by atoms with Crippen molar-refractivity contribution in [3.8, 4) is 0 Å². The highest BCUT2D eigenvalue weighted by Crippen LogP contribution is 2.35. The van der Waals surface area contributed by atoms with Crippen molar-refractivity contribution in [3.05, 3.63) is 18.0 Å². The Labute approximate surface area is 143 Å². The maximum atomic E-state index is 12.2. The number of hydrogen-bond acceptors (Lipinski definition) is 5. The summed E-state index contributed by atoms with van der Waals surface area (Å²) in [4.78, 5) is 18.1. The van der Waals surface area contributed by atoms with Crippen LogP contribution in [0, 0.1) is 0 Å². The Morgan fingerprint density at radius 3 is 2.54 bits per heavy atom. The highest BCUT2D eigenvalue weighted by molar-refractivity contribution is 5.68. The van der Waals surface area contributed by atoms with Crippen molar-refractivity contribution >= 4 is 6.09 Å². The zero-order valence-corrected chi connectivity index (χ0v) is 14.9. The summed E-state index contributed by atoms with van der Waals surface area (Å²) in [6, 6.07) is 2.85. The summed E-state index contributed by atoms with van der Waals surface area (Å²) >= 11 is 0. The van der Waals surface area contributed by atoms with Gasteiger partial charge in [-0.3, -0.25) is 4.90 Å². The van der Waals surface area contributed by atoms with E-state index in [0.29, 0.717) is 12.1 Å². The number of piperidine rings is 1. The fourth-order valence-electron chi connectivity index (χ4n) is 3.84. The van der Waals surface area contributed by atoms with Crippen LogP contribution < -0.4 is 5.84 Å². The quantitative estimate of drug-likeness (QED) is 0.838. The minimum absolute atomic E-state index is 0.195. The van der Waals surface area contributed by atoms with Gasteiger partial charge in [-0.05, 0) is 59.1 Å². The van der Waals surface area contributed by atoms with E-state index in [1.165, 1.54) is 11.2 Å². The Bertz CT molecular complexity index is 572. The Morgan fingerprint density at radius 1 is 1.25 bits per heavy atom. The number of nitrogens with zero attached hydrogens (tertiary/aromatic N) is 4. The molecule has 0 radical (unpaired) electrons. The van der Waals surface area contributed by atoms with Crippen LogP contribution in [0.15, 0.2) is 12.3 Å². The second kappa shape index (κ2) is 6.63. The number of hydrogen-bond donors (Lipinski definition) is 1. The van der Waals surface area contributed by atoms with Crippen LogP contribution in [0.25, 0.3) is 0 Å². The third-order valence-corrected chi connectivity index (χ3v) is 4.92. The summed E-state index contributed by atoms with van der Waals surface area (Å²) in [5.41, 5.74) is 0.648. The van der Waals surface area contributed by atoms with Crippen LogP contribution in [0.2, 0.25) is 0 Å². The lowest BCUT2D eigenvalue weighted by Crippen LogP contribution is -2.48. The van der Waals surface area contributed by atoms with E-state index in [1.54, 1.807) is 6.20 Å². The van der Waals surface area contributed by atoms with Gasteiger partial charge < -0.3 is 15.5 Å². The number of aromatic nitrogens is 2. The lowest BCUT2D eigenvalue weighted by atomic mass is 10.0. The summed E-state index contributed by atoms with van der Waals surface area (Å²) < 4.78 is 5.48. The molecule has 3 rings (SSSR count). The van der Waals surface area contributed by atoms with Gasteiger partial charge in [0.25, 0.3) is 0 Å². The van der Waals surface area contributed by atoms with E-state index in [2.05, 4.69) is 10.00 Å². The maximum absolute atomic E-state index is 12.2. The Morgan fingerprint density at radius 2 is 1.96 bits per heavy atom. The van der Waals surface area contributed by atoms with E-state index in [9.17, 15) is 4.79 Å². The molecule has 2 aliphatic heterocycles. The topological polar surface area (TPSA) is 76.6 Å². The van der Waals surface area contributed by atoms with Crippen LogP contribution in [0.5, 0.6) is 0 Å². The summed E-state index contributed by atoms with van der Waals surface area (Å²) in [6.45, 7) is 8.32. The van der Waals surface area contributed by atoms with Crippen LogP contribution >= 0.6 is 0 Å². The van der Waals surface area contributed by atoms with Crippen LogP contribution in [0.1, 0.15) is 58.2 Å². The average Bonchev–Trinajstić information content (AvgIpc) is 3.14. The molecule has 2 saturated heterocycles. The minimum atomic E-state index is -0.437. The first kappa shape index (κ1) is 17.1. The molecule has 2 fully saturated rings. The Kier molecular flexibility index (Phi) is 4.71. The molecule has 0 saturated carbocycles. The standard InChI is InChI=1S/C17H29N5O2/c1-17(2,3)24-16(23)20-11-7-13(8-12-20)21-10-4-5-14(21)15-6-9-19-22(15)18/h6,9,13-14H,4-5,7-8,10-12,18H2,1-3H3. The Balaban J connectivity index is 1.58. The number of carbonyl (C=O) groups excluding carboxylic acids is 1. The van der Waals surface area contributed by atoms with Crippen molar-refractivity contribution in [2.24, 2.45) is 0 Å². The number of amides is 1. The van der Waals surface area contributed by atoms with E-state index in [0.717, 1.165) is 44.6 Å². The van der Waals surface area contributed by atoms with Crippen LogP contribution in [-0.2, 0) is 4.74 Å². The molecule has 0 spiro atoms.